The quantitative estimate of drug-likeness (QED) is 0.815. The van der Waals surface area contributed by atoms with E-state index >= 15 is 0 Å². The van der Waals surface area contributed by atoms with E-state index in [1.807, 2.05) is 5.32 Å². The molecule has 134 valence electrons. The van der Waals surface area contributed by atoms with Crippen molar-refractivity contribution in [2.45, 2.75) is 26.1 Å². The third-order valence-electron chi connectivity index (χ3n) is 3.84. The summed E-state index contributed by atoms with van der Waals surface area (Å²) in [6.07, 6.45) is -5.04. The Bertz CT molecular complexity index is 893. The topological polar surface area (TPSA) is 67.2 Å². The number of rotatable bonds is 2. The molecule has 3 amide bonds. The molecule has 0 saturated carbocycles. The molecule has 0 atom stereocenters. The minimum Gasteiger partial charge on any atom is -0.278 e. The molecule has 1 N–H and O–H groups in total. The van der Waals surface area contributed by atoms with Crippen LogP contribution >= 0.6 is 11.6 Å². The summed E-state index contributed by atoms with van der Waals surface area (Å²) in [5.41, 5.74) is -0.891. The Kier molecular flexibility index (Phi) is 4.10. The molecule has 6 nitrogen and oxygen atoms in total. The van der Waals surface area contributed by atoms with Crippen LogP contribution in [0.5, 0.6) is 0 Å². The molecule has 2 aromatic rings. The molecule has 11 heteroatoms. The van der Waals surface area contributed by atoms with Gasteiger partial charge in [0.25, 0.3) is 0 Å². The summed E-state index contributed by atoms with van der Waals surface area (Å²) in [6.45, 7) is 1.37. The van der Waals surface area contributed by atoms with E-state index in [-0.39, 0.29) is 35.4 Å². The Hall–Kier alpha value is -2.36. The second-order valence-corrected chi connectivity index (χ2v) is 5.77. The van der Waals surface area contributed by atoms with E-state index in [4.69, 9.17) is 11.6 Å². The standard InChI is InChI=1S/C14H11ClF4N4O2/c1-2-6-8(15)5-7-11(10(6)16)23(14(17,18)19)21-12(7)22-4-3-9(24)20-13(22)25/h5H,2-4H2,1H3,(H,20,24,25). The Balaban J connectivity index is 2.30. The van der Waals surface area contributed by atoms with Crippen molar-refractivity contribution in [3.63, 3.8) is 0 Å². The number of carbonyl (C=O) groups excluding carboxylic acids is 2. The second-order valence-electron chi connectivity index (χ2n) is 5.36. The summed E-state index contributed by atoms with van der Waals surface area (Å²) in [5, 5.41) is 5.04. The van der Waals surface area contributed by atoms with Gasteiger partial charge in [0.2, 0.25) is 5.91 Å². The average Bonchev–Trinajstić information content (AvgIpc) is 2.87. The van der Waals surface area contributed by atoms with Crippen molar-refractivity contribution >= 4 is 40.3 Å². The minimum absolute atomic E-state index is 0.0658. The van der Waals surface area contributed by atoms with Crippen molar-refractivity contribution < 1.29 is 27.2 Å². The van der Waals surface area contributed by atoms with Gasteiger partial charge in [0.05, 0.1) is 0 Å². The van der Waals surface area contributed by atoms with E-state index in [0.29, 0.717) is 0 Å². The van der Waals surface area contributed by atoms with Gasteiger partial charge in [-0.15, -0.1) is 18.3 Å². The first-order valence-corrected chi connectivity index (χ1v) is 7.61. The van der Waals surface area contributed by atoms with Crippen LogP contribution in [0.15, 0.2) is 6.07 Å². The number of nitrogens with zero attached hydrogens (tertiary/aromatic N) is 3. The van der Waals surface area contributed by atoms with Gasteiger partial charge in [0.15, 0.2) is 11.6 Å². The number of benzene rings is 1. The fourth-order valence-corrected chi connectivity index (χ4v) is 3.02. The maximum Gasteiger partial charge on any atom is 0.505 e. The zero-order valence-corrected chi connectivity index (χ0v) is 13.5. The highest BCUT2D eigenvalue weighted by molar-refractivity contribution is 6.32. The summed E-state index contributed by atoms with van der Waals surface area (Å²) >= 11 is 5.97. The number of fused-ring (bicyclic) bond motifs is 1. The second kappa shape index (κ2) is 5.87. The third kappa shape index (κ3) is 2.80. The van der Waals surface area contributed by atoms with Gasteiger partial charge in [-0.05, 0) is 12.5 Å². The minimum atomic E-state index is -5.00. The molecule has 0 radical (unpaired) electrons. The van der Waals surface area contributed by atoms with Crippen LogP contribution in [-0.2, 0) is 17.5 Å². The van der Waals surface area contributed by atoms with Gasteiger partial charge in [-0.25, -0.2) is 9.18 Å². The SMILES string of the molecule is CCc1c(Cl)cc2c(N3CCC(=O)NC3=O)nn(C(F)(F)F)c2c1F. The van der Waals surface area contributed by atoms with Gasteiger partial charge in [-0.1, -0.05) is 18.5 Å². The molecule has 3 rings (SSSR count). The molecule has 1 aliphatic rings. The molecule has 25 heavy (non-hydrogen) atoms. The predicted molar refractivity (Wildman–Crippen MR) is 80.9 cm³/mol. The van der Waals surface area contributed by atoms with Crippen LogP contribution in [0.1, 0.15) is 18.9 Å². The molecule has 1 aromatic carbocycles. The maximum absolute atomic E-state index is 14.6. The van der Waals surface area contributed by atoms with Crippen molar-refractivity contribution in [3.8, 4) is 0 Å². The largest absolute Gasteiger partial charge is 0.505 e. The Morgan fingerprint density at radius 1 is 1.36 bits per heavy atom. The van der Waals surface area contributed by atoms with Crippen LogP contribution < -0.4 is 10.2 Å². The molecule has 0 bridgehead atoms. The van der Waals surface area contributed by atoms with E-state index in [2.05, 4.69) is 5.10 Å². The number of anilines is 1. The number of amides is 3. The number of alkyl halides is 3. The average molecular weight is 379 g/mol. The molecule has 1 fully saturated rings. The molecule has 2 heterocycles. The molecular formula is C14H11ClF4N4O2. The highest BCUT2D eigenvalue weighted by atomic mass is 35.5. The van der Waals surface area contributed by atoms with Crippen molar-refractivity contribution in [1.29, 1.82) is 0 Å². The maximum atomic E-state index is 14.6. The summed E-state index contributed by atoms with van der Waals surface area (Å²) < 4.78 is 54.1. The van der Waals surface area contributed by atoms with Crippen molar-refractivity contribution in [1.82, 2.24) is 15.1 Å². The van der Waals surface area contributed by atoms with E-state index < -0.39 is 40.1 Å². The van der Waals surface area contributed by atoms with Gasteiger partial charge in [-0.3, -0.25) is 15.0 Å². The van der Waals surface area contributed by atoms with Gasteiger partial charge in [-0.2, -0.15) is 4.68 Å². The summed E-state index contributed by atoms with van der Waals surface area (Å²) in [6, 6.07) is 0.216. The molecular weight excluding hydrogens is 368 g/mol. The number of imide groups is 1. The smallest absolute Gasteiger partial charge is 0.278 e. The zero-order chi connectivity index (χ0) is 18.5. The van der Waals surface area contributed by atoms with Crippen molar-refractivity contribution in [3.05, 3.63) is 22.5 Å². The van der Waals surface area contributed by atoms with E-state index in [1.165, 1.54) is 0 Å². The summed E-state index contributed by atoms with van der Waals surface area (Å²) in [4.78, 5) is 24.0. The van der Waals surface area contributed by atoms with Gasteiger partial charge < -0.3 is 0 Å². The highest BCUT2D eigenvalue weighted by Crippen LogP contribution is 2.38. The van der Waals surface area contributed by atoms with Crippen LogP contribution in [0, 0.1) is 5.82 Å². The number of halogens is 5. The lowest BCUT2D eigenvalue weighted by atomic mass is 10.1. The van der Waals surface area contributed by atoms with E-state index in [1.54, 1.807) is 6.92 Å². The molecule has 1 saturated heterocycles. The highest BCUT2D eigenvalue weighted by Gasteiger charge is 2.39. The fraction of sp³-hybridized carbons (Fsp3) is 0.357. The van der Waals surface area contributed by atoms with Crippen molar-refractivity contribution in [2.75, 3.05) is 11.4 Å². The number of hydrogen-bond acceptors (Lipinski definition) is 3. The normalized spacial score (nSPS) is 15.8. The fourth-order valence-electron chi connectivity index (χ4n) is 2.70. The molecule has 0 spiro atoms. The molecule has 0 unspecified atom stereocenters. The van der Waals surface area contributed by atoms with Crippen LogP contribution in [0.2, 0.25) is 5.02 Å². The van der Waals surface area contributed by atoms with Gasteiger partial charge >= 0.3 is 12.3 Å². The number of hydrogen-bond donors (Lipinski definition) is 1. The summed E-state index contributed by atoms with van der Waals surface area (Å²) in [7, 11) is 0. The van der Waals surface area contributed by atoms with Crippen LogP contribution in [-0.4, -0.2) is 28.3 Å². The van der Waals surface area contributed by atoms with Crippen LogP contribution in [0.4, 0.5) is 28.2 Å². The lowest BCUT2D eigenvalue weighted by Crippen LogP contribution is -2.49. The first-order valence-electron chi connectivity index (χ1n) is 7.23. The number of nitrogens with one attached hydrogen (secondary N) is 1. The van der Waals surface area contributed by atoms with Gasteiger partial charge in [0, 0.05) is 28.9 Å². The molecule has 0 aliphatic carbocycles. The summed E-state index contributed by atoms with van der Waals surface area (Å²) in [5.74, 6) is -2.12. The lowest BCUT2D eigenvalue weighted by Gasteiger charge is -2.24. The van der Waals surface area contributed by atoms with Crippen LogP contribution in [0.25, 0.3) is 10.9 Å². The monoisotopic (exact) mass is 378 g/mol. The Morgan fingerprint density at radius 3 is 2.60 bits per heavy atom. The Labute approximate surface area is 143 Å². The van der Waals surface area contributed by atoms with E-state index in [9.17, 15) is 27.2 Å². The molecule has 1 aliphatic heterocycles. The zero-order valence-electron chi connectivity index (χ0n) is 12.7. The third-order valence-corrected chi connectivity index (χ3v) is 4.18. The lowest BCUT2D eigenvalue weighted by molar-refractivity contribution is -0.209. The van der Waals surface area contributed by atoms with E-state index in [0.717, 1.165) is 11.0 Å². The first kappa shape index (κ1) is 17.5. The van der Waals surface area contributed by atoms with Crippen LogP contribution in [0.3, 0.4) is 0 Å². The number of urea groups is 1. The first-order chi connectivity index (χ1) is 11.6. The van der Waals surface area contributed by atoms with Gasteiger partial charge in [0.1, 0.15) is 5.52 Å². The molecule has 1 aromatic heterocycles. The predicted octanol–water partition coefficient (Wildman–Crippen LogP) is 3.31. The number of aromatic nitrogens is 2. The Morgan fingerprint density at radius 2 is 2.04 bits per heavy atom. The number of carbonyl (C=O) groups is 2. The van der Waals surface area contributed by atoms with Crippen molar-refractivity contribution in [2.24, 2.45) is 0 Å².